The second kappa shape index (κ2) is 17.4. The normalized spacial score (nSPS) is 15.8. The third kappa shape index (κ3) is 9.57. The predicted molar refractivity (Wildman–Crippen MR) is 217 cm³/mol. The first-order valence-corrected chi connectivity index (χ1v) is 20.6. The van der Waals surface area contributed by atoms with Crippen molar-refractivity contribution in [3.05, 3.63) is 135 Å². The Morgan fingerprint density at radius 3 is 2.43 bits per heavy atom. The molecule has 0 saturated heterocycles. The van der Waals surface area contributed by atoms with Gasteiger partial charge < -0.3 is 25.2 Å². The average molecular weight is 889 g/mol. The molecule has 4 aromatic carbocycles. The number of ether oxygens (including phenoxy) is 2. The van der Waals surface area contributed by atoms with Gasteiger partial charge in [0.15, 0.2) is 21.2 Å². The maximum absolute atomic E-state index is 14.6. The molecule has 16 nitrogen and oxygen atoms in total. The van der Waals surface area contributed by atoms with Crippen LogP contribution in [0.15, 0.2) is 94.9 Å². The summed E-state index contributed by atoms with van der Waals surface area (Å²) in [4.78, 5) is 42.3. The molecule has 326 valence electrons. The molecule has 0 unspecified atom stereocenters. The maximum Gasteiger partial charge on any atom is 0.417 e. The molecular weight excluding hydrogens is 853 g/mol. The summed E-state index contributed by atoms with van der Waals surface area (Å²) in [6, 6.07) is 18.0. The predicted octanol–water partition coefficient (Wildman–Crippen LogP) is 4.75. The molecule has 0 bridgehead atoms. The molecule has 1 amide bonds. The number of carbonyl (C=O) groups is 2. The van der Waals surface area contributed by atoms with E-state index in [1.807, 2.05) is 12.1 Å². The van der Waals surface area contributed by atoms with Crippen LogP contribution in [0.3, 0.4) is 0 Å². The summed E-state index contributed by atoms with van der Waals surface area (Å²) in [5.41, 5.74) is -3.12. The summed E-state index contributed by atoms with van der Waals surface area (Å²) < 4.78 is 93.5. The molecule has 0 spiro atoms. The SMILES string of the molecule is Cn1ncnc1[C@H]1c2n[nH]c(=O)c3cc(F)cc(c23)N[C@@H]1c1ccc(CC(=O)COCCOc2ccc(S(=O)(=O)C[C@](C)(O)C(=O)Nc3ccc(C#N)c(C(F)(F)F)c3)cc2)cc1. The second-order valence-electron chi connectivity index (χ2n) is 14.8. The van der Waals surface area contributed by atoms with Crippen LogP contribution in [0, 0.1) is 17.1 Å². The van der Waals surface area contributed by atoms with Crippen LogP contribution in [0.1, 0.15) is 52.7 Å². The number of amides is 1. The van der Waals surface area contributed by atoms with Gasteiger partial charge in [-0.3, -0.25) is 19.1 Å². The molecule has 3 heterocycles. The number of benzene rings is 4. The van der Waals surface area contributed by atoms with Crippen LogP contribution >= 0.6 is 0 Å². The van der Waals surface area contributed by atoms with Gasteiger partial charge in [0.1, 0.15) is 36.9 Å². The number of alkyl halides is 3. The first-order valence-electron chi connectivity index (χ1n) is 19.0. The van der Waals surface area contributed by atoms with Crippen LogP contribution in [0.25, 0.3) is 10.8 Å². The van der Waals surface area contributed by atoms with E-state index >= 15 is 0 Å². The van der Waals surface area contributed by atoms with Crippen LogP contribution in [0.4, 0.5) is 28.9 Å². The number of H-pyrrole nitrogens is 1. The molecule has 1 aliphatic rings. The number of sulfone groups is 1. The zero-order chi connectivity index (χ0) is 45.3. The highest BCUT2D eigenvalue weighted by atomic mass is 32.2. The lowest BCUT2D eigenvalue weighted by Crippen LogP contribution is -2.45. The van der Waals surface area contributed by atoms with E-state index in [0.29, 0.717) is 34.2 Å². The fourth-order valence-corrected chi connectivity index (χ4v) is 8.77. The average Bonchev–Trinajstić information content (AvgIpc) is 3.66. The number of aliphatic hydroxyl groups is 1. The van der Waals surface area contributed by atoms with Crippen LogP contribution in [0.2, 0.25) is 0 Å². The molecule has 3 atom stereocenters. The van der Waals surface area contributed by atoms with Crippen LogP contribution < -0.4 is 20.9 Å². The van der Waals surface area contributed by atoms with Gasteiger partial charge >= 0.3 is 6.18 Å². The van der Waals surface area contributed by atoms with E-state index in [2.05, 4.69) is 30.9 Å². The summed E-state index contributed by atoms with van der Waals surface area (Å²) in [5, 5.41) is 36.8. The Kier molecular flexibility index (Phi) is 12.2. The highest BCUT2D eigenvalue weighted by Crippen LogP contribution is 2.46. The highest BCUT2D eigenvalue weighted by Gasteiger charge is 2.39. The summed E-state index contributed by atoms with van der Waals surface area (Å²) in [5.74, 6) is -2.93. The van der Waals surface area contributed by atoms with Crippen molar-refractivity contribution >= 4 is 43.7 Å². The number of aryl methyl sites for hydroxylation is 1. The fourth-order valence-electron chi connectivity index (χ4n) is 7.18. The first kappa shape index (κ1) is 44.0. The van der Waals surface area contributed by atoms with E-state index in [0.717, 1.165) is 30.7 Å². The quantitative estimate of drug-likeness (QED) is 0.0807. The smallest absolute Gasteiger partial charge is 0.417 e. The van der Waals surface area contributed by atoms with E-state index in [1.54, 1.807) is 23.9 Å². The van der Waals surface area contributed by atoms with Crippen LogP contribution in [-0.2, 0) is 43.8 Å². The number of aromatic amines is 1. The monoisotopic (exact) mass is 888 g/mol. The van der Waals surface area contributed by atoms with Crippen molar-refractivity contribution in [2.24, 2.45) is 7.05 Å². The summed E-state index contributed by atoms with van der Waals surface area (Å²) in [6.45, 7) is 0.684. The number of nitrogens with one attached hydrogen (secondary N) is 3. The number of ketones is 1. The summed E-state index contributed by atoms with van der Waals surface area (Å²) in [7, 11) is -2.57. The minimum atomic E-state index is -4.90. The van der Waals surface area contributed by atoms with E-state index in [4.69, 9.17) is 14.7 Å². The number of nitriles is 1. The van der Waals surface area contributed by atoms with Gasteiger partial charge in [-0.1, -0.05) is 24.3 Å². The molecular formula is C42H36F4N8O8S. The van der Waals surface area contributed by atoms with Crippen molar-refractivity contribution in [2.45, 2.75) is 42.0 Å². The molecule has 6 aromatic rings. The van der Waals surface area contributed by atoms with Gasteiger partial charge in [-0.15, -0.1) is 0 Å². The van der Waals surface area contributed by atoms with Crippen molar-refractivity contribution in [2.75, 3.05) is 36.2 Å². The molecule has 2 aromatic heterocycles. The lowest BCUT2D eigenvalue weighted by molar-refractivity contribution is -0.138. The Morgan fingerprint density at radius 2 is 1.76 bits per heavy atom. The minimum absolute atomic E-state index is 0.00107. The molecule has 0 aliphatic carbocycles. The van der Waals surface area contributed by atoms with E-state index in [1.165, 1.54) is 42.7 Å². The number of hydrogen-bond donors (Lipinski definition) is 4. The molecule has 7 rings (SSSR count). The van der Waals surface area contributed by atoms with Crippen LogP contribution in [0.5, 0.6) is 5.75 Å². The van der Waals surface area contributed by atoms with Gasteiger partial charge in [0.05, 0.1) is 57.5 Å². The minimum Gasteiger partial charge on any atom is -0.491 e. The Balaban J connectivity index is 0.893. The highest BCUT2D eigenvalue weighted by molar-refractivity contribution is 7.91. The third-order valence-corrected chi connectivity index (χ3v) is 12.1. The van der Waals surface area contributed by atoms with E-state index in [-0.39, 0.29) is 48.1 Å². The first-order chi connectivity index (χ1) is 29.8. The van der Waals surface area contributed by atoms with Crippen molar-refractivity contribution in [3.63, 3.8) is 0 Å². The van der Waals surface area contributed by atoms with E-state index in [9.17, 15) is 45.5 Å². The number of carbonyl (C=O) groups excluding carboxylic acids is 2. The fraction of sp³-hybridized carbons (Fsp3) is 0.262. The van der Waals surface area contributed by atoms with Gasteiger partial charge in [0.25, 0.3) is 11.5 Å². The zero-order valence-electron chi connectivity index (χ0n) is 33.2. The Bertz CT molecular complexity index is 2930. The number of hydrogen-bond acceptors (Lipinski definition) is 13. The Morgan fingerprint density at radius 1 is 1.03 bits per heavy atom. The second-order valence-corrected chi connectivity index (χ2v) is 16.8. The van der Waals surface area contributed by atoms with Crippen molar-refractivity contribution in [1.29, 1.82) is 5.26 Å². The zero-order valence-corrected chi connectivity index (χ0v) is 34.1. The Hall–Kier alpha value is -7.02. The maximum atomic E-state index is 14.6. The van der Waals surface area contributed by atoms with Crippen molar-refractivity contribution < 1.29 is 50.1 Å². The number of aromatic nitrogens is 5. The topological polar surface area (TPSA) is 231 Å². The number of halogens is 4. The molecule has 4 N–H and O–H groups in total. The number of nitrogens with zero attached hydrogens (tertiary/aromatic N) is 5. The molecule has 1 aliphatic heterocycles. The third-order valence-electron chi connectivity index (χ3n) is 10.2. The molecule has 0 fully saturated rings. The summed E-state index contributed by atoms with van der Waals surface area (Å²) >= 11 is 0. The van der Waals surface area contributed by atoms with Gasteiger partial charge in [-0.2, -0.15) is 28.6 Å². The summed E-state index contributed by atoms with van der Waals surface area (Å²) in [6.07, 6.45) is -3.44. The largest absolute Gasteiger partial charge is 0.491 e. The van der Waals surface area contributed by atoms with Crippen molar-refractivity contribution in [1.82, 2.24) is 25.0 Å². The van der Waals surface area contributed by atoms with Gasteiger partial charge in [0.2, 0.25) is 0 Å². The van der Waals surface area contributed by atoms with Crippen molar-refractivity contribution in [3.8, 4) is 11.8 Å². The lowest BCUT2D eigenvalue weighted by atomic mass is 9.83. The molecule has 0 radical (unpaired) electrons. The van der Waals surface area contributed by atoms with Crippen LogP contribution in [-0.4, -0.2) is 81.4 Å². The lowest BCUT2D eigenvalue weighted by Gasteiger charge is -2.33. The molecule has 0 saturated carbocycles. The standard InChI is InChI=1S/C42H36F4N8O8S/c1-41(58,40(57)50-27-8-7-25(19-47)32(18-27)42(44,45)46)21-63(59,60)30-11-9-29(10-12-30)62-14-13-61-20-28(55)15-23-3-5-24(6-4-23)36-35(38-48-22-49-54(38)2)37-34-31(39(56)53-52-37)16-26(43)17-33(34)51-36/h3-12,16-18,22,35-36,51,58H,13-15,20-21H2,1-2H3,(H,50,57)(H,53,56)/t35-,36-,41+/m1/s1. The van der Waals surface area contributed by atoms with E-state index < -0.39 is 73.4 Å². The molecule has 63 heavy (non-hydrogen) atoms. The number of rotatable bonds is 15. The van der Waals surface area contributed by atoms with Gasteiger partial charge in [-0.25, -0.2) is 22.9 Å². The number of Topliss-reactive ketones (excluding diaryl/α,β-unsaturated/α-hetero) is 1. The Labute approximate surface area is 355 Å². The molecule has 21 heteroatoms. The van der Waals surface area contributed by atoms with Gasteiger partial charge in [0, 0.05) is 30.2 Å². The number of anilines is 2. The van der Waals surface area contributed by atoms with Gasteiger partial charge in [-0.05, 0) is 72.6 Å².